The van der Waals surface area contributed by atoms with E-state index >= 15 is 0 Å². The van der Waals surface area contributed by atoms with Crippen molar-refractivity contribution in [2.45, 2.75) is 50.0 Å². The molecule has 12 heteroatoms. The average Bonchev–Trinajstić information content (AvgIpc) is 2.80. The first-order chi connectivity index (χ1) is 12.6. The highest BCUT2D eigenvalue weighted by Crippen LogP contribution is 2.42. The fourth-order valence-corrected chi connectivity index (χ4v) is 2.50. The molecule has 1 fully saturated rings. The van der Waals surface area contributed by atoms with E-state index in [-0.39, 0.29) is 31.5 Å². The first kappa shape index (κ1) is 20.7. The van der Waals surface area contributed by atoms with Crippen molar-refractivity contribution in [3.63, 3.8) is 0 Å². The maximum atomic E-state index is 14.3. The number of ether oxygens (including phenoxy) is 2. The summed E-state index contributed by atoms with van der Waals surface area (Å²) in [7, 11) is 0. The third-order valence-corrected chi connectivity index (χ3v) is 3.91. The fraction of sp³-hybridized carbons (Fsp3) is 0.600. The van der Waals surface area contributed by atoms with Gasteiger partial charge in [-0.15, -0.1) is 0 Å². The zero-order valence-corrected chi connectivity index (χ0v) is 14.1. The van der Waals surface area contributed by atoms with Gasteiger partial charge in [0.1, 0.15) is 18.5 Å². The first-order valence-electron chi connectivity index (χ1n) is 8.06. The summed E-state index contributed by atoms with van der Waals surface area (Å²) < 4.78 is 38.9. The van der Waals surface area contributed by atoms with Gasteiger partial charge in [0.05, 0.1) is 0 Å². The van der Waals surface area contributed by atoms with Crippen molar-refractivity contribution < 1.29 is 38.1 Å². The van der Waals surface area contributed by atoms with Gasteiger partial charge in [-0.1, -0.05) is 0 Å². The molecular weight excluding hydrogens is 372 g/mol. The molecule has 0 amide bonds. The highest BCUT2D eigenvalue weighted by molar-refractivity contribution is 5.69. The Kier molecular flexibility index (Phi) is 6.44. The van der Waals surface area contributed by atoms with Crippen molar-refractivity contribution in [2.24, 2.45) is 0 Å². The lowest BCUT2D eigenvalue weighted by atomic mass is 10.1. The van der Waals surface area contributed by atoms with Gasteiger partial charge in [0.15, 0.2) is 6.10 Å². The molecule has 1 aromatic heterocycles. The standard InChI is InChI=1S/C15H19F2N3O7/c16-15(17)12(24)8(7-26-11(23)4-2-1-3-10(21)22)27-13(15)20-6-5-9(18)19-14(20)25/h5-6,8,12-13,24H,1-4,7H2,(H,21,22)(H2,18,19,25). The van der Waals surface area contributed by atoms with E-state index < -0.39 is 48.6 Å². The highest BCUT2D eigenvalue weighted by Gasteiger charge is 2.60. The van der Waals surface area contributed by atoms with Gasteiger partial charge in [-0.25, -0.2) is 4.79 Å². The van der Waals surface area contributed by atoms with Crippen molar-refractivity contribution in [3.05, 3.63) is 22.7 Å². The Morgan fingerprint density at radius 3 is 2.67 bits per heavy atom. The van der Waals surface area contributed by atoms with Crippen molar-refractivity contribution in [3.8, 4) is 0 Å². The number of carbonyl (C=O) groups is 2. The Morgan fingerprint density at radius 1 is 1.37 bits per heavy atom. The third-order valence-electron chi connectivity index (χ3n) is 3.91. The van der Waals surface area contributed by atoms with Crippen LogP contribution in [0.15, 0.2) is 17.1 Å². The SMILES string of the molecule is Nc1ccn(C2OC(COC(=O)CCCCC(=O)O)C(O)C2(F)F)c(=O)n1. The summed E-state index contributed by atoms with van der Waals surface area (Å²) >= 11 is 0. The number of aliphatic hydroxyl groups is 1. The molecule has 0 bridgehead atoms. The summed E-state index contributed by atoms with van der Waals surface area (Å²) in [4.78, 5) is 37.0. The van der Waals surface area contributed by atoms with Crippen LogP contribution in [0.2, 0.25) is 0 Å². The van der Waals surface area contributed by atoms with Crippen molar-refractivity contribution in [1.29, 1.82) is 0 Å². The molecule has 0 aliphatic carbocycles. The van der Waals surface area contributed by atoms with E-state index in [1.54, 1.807) is 0 Å². The Balaban J connectivity index is 1.94. The number of anilines is 1. The van der Waals surface area contributed by atoms with Gasteiger partial charge in [-0.3, -0.25) is 14.2 Å². The number of aliphatic hydroxyl groups excluding tert-OH is 1. The van der Waals surface area contributed by atoms with Gasteiger partial charge < -0.3 is 25.4 Å². The molecule has 1 aliphatic heterocycles. The minimum Gasteiger partial charge on any atom is -0.481 e. The maximum absolute atomic E-state index is 14.3. The molecule has 0 spiro atoms. The van der Waals surface area contributed by atoms with Gasteiger partial charge in [-0.2, -0.15) is 13.8 Å². The summed E-state index contributed by atoms with van der Waals surface area (Å²) in [5, 5.41) is 18.3. The Hall–Kier alpha value is -2.60. The summed E-state index contributed by atoms with van der Waals surface area (Å²) in [5.41, 5.74) is 4.22. The molecule has 0 aromatic carbocycles. The van der Waals surface area contributed by atoms with Crippen molar-refractivity contribution >= 4 is 17.8 Å². The number of aliphatic carboxylic acids is 1. The van der Waals surface area contributed by atoms with E-state index in [2.05, 4.69) is 4.98 Å². The molecule has 4 N–H and O–H groups in total. The van der Waals surface area contributed by atoms with Crippen LogP contribution >= 0.6 is 0 Å². The lowest BCUT2D eigenvalue weighted by molar-refractivity contribution is -0.151. The van der Waals surface area contributed by atoms with Crippen LogP contribution in [-0.4, -0.2) is 56.4 Å². The highest BCUT2D eigenvalue weighted by atomic mass is 19.3. The molecule has 2 rings (SSSR count). The summed E-state index contributed by atoms with van der Waals surface area (Å²) in [6, 6.07) is 1.12. The van der Waals surface area contributed by atoms with Crippen molar-refractivity contribution in [1.82, 2.24) is 9.55 Å². The second kappa shape index (κ2) is 8.39. The number of aromatic nitrogens is 2. The van der Waals surface area contributed by atoms with E-state index in [0.717, 1.165) is 12.3 Å². The normalized spacial score (nSPS) is 23.9. The number of halogens is 2. The smallest absolute Gasteiger partial charge is 0.351 e. The van der Waals surface area contributed by atoms with E-state index in [1.165, 1.54) is 0 Å². The zero-order chi connectivity index (χ0) is 20.2. The molecule has 27 heavy (non-hydrogen) atoms. The van der Waals surface area contributed by atoms with Gasteiger partial charge in [-0.05, 0) is 18.9 Å². The number of rotatable bonds is 8. The third kappa shape index (κ3) is 4.98. The number of hydrogen-bond donors (Lipinski definition) is 3. The number of nitrogen functional groups attached to an aromatic ring is 1. The summed E-state index contributed by atoms with van der Waals surface area (Å²) in [6.45, 7) is -0.651. The number of nitrogens with two attached hydrogens (primary N) is 1. The minimum absolute atomic E-state index is 0.0999. The number of carboxylic acid groups (broad SMARTS) is 1. The average molecular weight is 391 g/mol. The fourth-order valence-electron chi connectivity index (χ4n) is 2.50. The molecule has 3 atom stereocenters. The van der Waals surface area contributed by atoms with Gasteiger partial charge in [0.25, 0.3) is 0 Å². The molecule has 0 radical (unpaired) electrons. The monoisotopic (exact) mass is 391 g/mol. The van der Waals surface area contributed by atoms with E-state index in [4.69, 9.17) is 20.3 Å². The number of unbranched alkanes of at least 4 members (excludes halogenated alkanes) is 1. The van der Waals surface area contributed by atoms with Crippen LogP contribution < -0.4 is 11.4 Å². The molecule has 2 heterocycles. The van der Waals surface area contributed by atoms with Gasteiger partial charge in [0, 0.05) is 19.0 Å². The van der Waals surface area contributed by atoms with Crippen LogP contribution in [0.3, 0.4) is 0 Å². The van der Waals surface area contributed by atoms with Crippen LogP contribution in [0.4, 0.5) is 14.6 Å². The predicted octanol–water partition coefficient (Wildman–Crippen LogP) is -0.0927. The lowest BCUT2D eigenvalue weighted by Gasteiger charge is -2.20. The topological polar surface area (TPSA) is 154 Å². The van der Waals surface area contributed by atoms with Crippen LogP contribution in [0, 0.1) is 0 Å². The predicted molar refractivity (Wildman–Crippen MR) is 84.8 cm³/mol. The summed E-state index contributed by atoms with van der Waals surface area (Å²) in [6.07, 6.45) is -4.72. The Labute approximate surface area is 151 Å². The molecule has 1 aliphatic rings. The van der Waals surface area contributed by atoms with Gasteiger partial charge >= 0.3 is 23.6 Å². The number of carbonyl (C=O) groups excluding carboxylic acids is 1. The van der Waals surface area contributed by atoms with E-state index in [9.17, 15) is 28.3 Å². The molecule has 0 saturated carbocycles. The largest absolute Gasteiger partial charge is 0.481 e. The Morgan fingerprint density at radius 2 is 2.04 bits per heavy atom. The Bertz CT molecular complexity index is 755. The maximum Gasteiger partial charge on any atom is 0.351 e. The number of alkyl halides is 2. The zero-order valence-electron chi connectivity index (χ0n) is 14.1. The van der Waals surface area contributed by atoms with Crippen LogP contribution in [-0.2, 0) is 19.1 Å². The minimum atomic E-state index is -3.83. The number of nitrogens with zero attached hydrogens (tertiary/aromatic N) is 2. The number of esters is 1. The van der Waals surface area contributed by atoms with Crippen LogP contribution in [0.1, 0.15) is 31.9 Å². The quantitative estimate of drug-likeness (QED) is 0.407. The lowest BCUT2D eigenvalue weighted by Crippen LogP contribution is -2.42. The van der Waals surface area contributed by atoms with Crippen LogP contribution in [0.5, 0.6) is 0 Å². The van der Waals surface area contributed by atoms with Crippen LogP contribution in [0.25, 0.3) is 0 Å². The van der Waals surface area contributed by atoms with E-state index in [0.29, 0.717) is 4.57 Å². The molecule has 1 aromatic rings. The molecule has 10 nitrogen and oxygen atoms in total. The molecule has 150 valence electrons. The molecular formula is C15H19F2N3O7. The van der Waals surface area contributed by atoms with E-state index in [1.807, 2.05) is 0 Å². The number of hydrogen-bond acceptors (Lipinski definition) is 8. The second-order valence-corrected chi connectivity index (χ2v) is 5.97. The van der Waals surface area contributed by atoms with Crippen molar-refractivity contribution in [2.75, 3.05) is 12.3 Å². The number of carboxylic acids is 1. The summed E-state index contributed by atoms with van der Waals surface area (Å²) in [5.74, 6) is -5.73. The van der Waals surface area contributed by atoms with Gasteiger partial charge in [0.2, 0.25) is 6.23 Å². The molecule has 3 unspecified atom stereocenters. The second-order valence-electron chi connectivity index (χ2n) is 5.97. The molecule has 1 saturated heterocycles. The first-order valence-corrected chi connectivity index (χ1v) is 8.06.